The fraction of sp³-hybridized carbons (Fsp3) is 0.0769. The number of nitrogen functional groups attached to an aromatic ring is 1. The summed E-state index contributed by atoms with van der Waals surface area (Å²) in [7, 11) is 0. The van der Waals surface area contributed by atoms with E-state index in [9.17, 15) is 0 Å². The number of H-pyrrole nitrogens is 2. The van der Waals surface area contributed by atoms with Crippen molar-refractivity contribution in [3.05, 3.63) is 40.1 Å². The lowest BCUT2D eigenvalue weighted by Crippen LogP contribution is -1.90. The number of aromatic nitrogens is 4. The normalized spacial score (nSPS) is 10.9. The van der Waals surface area contributed by atoms with Crippen molar-refractivity contribution >= 4 is 29.0 Å². The first kappa shape index (κ1) is 13.0. The molecule has 0 radical (unpaired) electrons. The Labute approximate surface area is 125 Å². The lowest BCUT2D eigenvalue weighted by Gasteiger charge is -2.06. The van der Waals surface area contributed by atoms with Crippen LogP contribution in [0.1, 0.15) is 5.69 Å². The van der Waals surface area contributed by atoms with Crippen molar-refractivity contribution in [2.24, 2.45) is 0 Å². The maximum atomic E-state index is 6.26. The van der Waals surface area contributed by atoms with Gasteiger partial charge in [-0.3, -0.25) is 10.2 Å². The molecule has 5 nitrogen and oxygen atoms in total. The highest BCUT2D eigenvalue weighted by molar-refractivity contribution is 6.36. The summed E-state index contributed by atoms with van der Waals surface area (Å²) >= 11 is 12.2. The second-order valence-electron chi connectivity index (χ2n) is 4.39. The van der Waals surface area contributed by atoms with Gasteiger partial charge in [0.05, 0.1) is 22.5 Å². The third kappa shape index (κ3) is 2.05. The minimum atomic E-state index is 0.379. The summed E-state index contributed by atoms with van der Waals surface area (Å²) in [6.45, 7) is 1.92. The average Bonchev–Trinajstić information content (AvgIpc) is 2.96. The fourth-order valence-electron chi connectivity index (χ4n) is 2.12. The summed E-state index contributed by atoms with van der Waals surface area (Å²) in [6, 6.07) is 5.27. The van der Waals surface area contributed by atoms with Gasteiger partial charge in [0.2, 0.25) is 0 Å². The second kappa shape index (κ2) is 4.85. The van der Waals surface area contributed by atoms with Crippen molar-refractivity contribution < 1.29 is 0 Å². The van der Waals surface area contributed by atoms with E-state index in [4.69, 9.17) is 28.9 Å². The summed E-state index contributed by atoms with van der Waals surface area (Å²) in [5.41, 5.74) is 10.1. The maximum absolute atomic E-state index is 6.26. The number of aryl methyl sites for hydroxylation is 1. The van der Waals surface area contributed by atoms with Gasteiger partial charge < -0.3 is 5.73 Å². The highest BCUT2D eigenvalue weighted by Gasteiger charge is 2.19. The van der Waals surface area contributed by atoms with Gasteiger partial charge in [0, 0.05) is 21.8 Å². The molecule has 0 spiro atoms. The zero-order valence-corrected chi connectivity index (χ0v) is 12.0. The van der Waals surface area contributed by atoms with Crippen LogP contribution >= 0.6 is 23.2 Å². The topological polar surface area (TPSA) is 83.4 Å². The molecule has 20 heavy (non-hydrogen) atoms. The van der Waals surface area contributed by atoms with Crippen molar-refractivity contribution in [3.8, 4) is 22.4 Å². The molecule has 3 aromatic rings. The summed E-state index contributed by atoms with van der Waals surface area (Å²) < 4.78 is 0. The van der Waals surface area contributed by atoms with Crippen LogP contribution in [0.4, 0.5) is 5.82 Å². The van der Waals surface area contributed by atoms with Crippen LogP contribution in [-0.2, 0) is 0 Å². The van der Waals surface area contributed by atoms with Gasteiger partial charge in [0.15, 0.2) is 5.82 Å². The number of hydrogen-bond acceptors (Lipinski definition) is 3. The second-order valence-corrected chi connectivity index (χ2v) is 5.24. The largest absolute Gasteiger partial charge is 0.382 e. The first-order valence-corrected chi connectivity index (χ1v) is 6.63. The molecule has 0 unspecified atom stereocenters. The Bertz CT molecular complexity index is 775. The number of halogens is 2. The van der Waals surface area contributed by atoms with Crippen LogP contribution in [0.15, 0.2) is 24.4 Å². The zero-order chi connectivity index (χ0) is 14.3. The summed E-state index contributed by atoms with van der Waals surface area (Å²) in [5, 5.41) is 15.0. The van der Waals surface area contributed by atoms with Crippen LogP contribution in [0.3, 0.4) is 0 Å². The summed E-state index contributed by atoms with van der Waals surface area (Å²) in [6.07, 6.45) is 1.72. The predicted octanol–water partition coefficient (Wildman–Crippen LogP) is 3.66. The Hall–Kier alpha value is -1.98. The molecule has 0 atom stereocenters. The number of anilines is 1. The molecule has 102 valence electrons. The number of nitrogens with two attached hydrogens (primary N) is 1. The molecule has 0 saturated carbocycles. The van der Waals surface area contributed by atoms with Crippen molar-refractivity contribution in [2.75, 3.05) is 5.73 Å². The molecule has 4 N–H and O–H groups in total. The number of hydrogen-bond donors (Lipinski definition) is 3. The van der Waals surface area contributed by atoms with Crippen molar-refractivity contribution in [2.45, 2.75) is 6.92 Å². The van der Waals surface area contributed by atoms with Gasteiger partial charge in [-0.25, -0.2) is 0 Å². The minimum Gasteiger partial charge on any atom is -0.382 e. The van der Waals surface area contributed by atoms with Gasteiger partial charge in [-0.2, -0.15) is 10.2 Å². The molecule has 2 heterocycles. The smallest absolute Gasteiger partial charge is 0.153 e. The predicted molar refractivity (Wildman–Crippen MR) is 80.8 cm³/mol. The van der Waals surface area contributed by atoms with Crippen LogP contribution in [-0.4, -0.2) is 20.4 Å². The van der Waals surface area contributed by atoms with Crippen molar-refractivity contribution in [3.63, 3.8) is 0 Å². The number of aromatic amines is 2. The Kier molecular flexibility index (Phi) is 3.16. The number of rotatable bonds is 2. The molecule has 3 rings (SSSR count). The third-order valence-corrected chi connectivity index (χ3v) is 3.64. The van der Waals surface area contributed by atoms with Crippen molar-refractivity contribution in [1.29, 1.82) is 0 Å². The lowest BCUT2D eigenvalue weighted by molar-refractivity contribution is 1.05. The number of benzene rings is 1. The van der Waals surface area contributed by atoms with E-state index in [0.29, 0.717) is 15.9 Å². The summed E-state index contributed by atoms with van der Waals surface area (Å²) in [4.78, 5) is 0. The zero-order valence-electron chi connectivity index (χ0n) is 10.5. The first-order valence-electron chi connectivity index (χ1n) is 5.87. The van der Waals surface area contributed by atoms with Crippen LogP contribution < -0.4 is 5.73 Å². The first-order chi connectivity index (χ1) is 9.58. The molecule has 2 aromatic heterocycles. The van der Waals surface area contributed by atoms with Crippen LogP contribution in [0.2, 0.25) is 10.0 Å². The maximum Gasteiger partial charge on any atom is 0.153 e. The SMILES string of the molecule is Cc1[nH]ncc1-c1[nH]nc(N)c1-c1ccc(Cl)cc1Cl. The quantitative estimate of drug-likeness (QED) is 0.675. The van der Waals surface area contributed by atoms with E-state index in [-0.39, 0.29) is 0 Å². The molecule has 0 amide bonds. The highest BCUT2D eigenvalue weighted by Crippen LogP contribution is 2.39. The van der Waals surface area contributed by atoms with E-state index in [0.717, 1.165) is 28.1 Å². The Morgan fingerprint density at radius 3 is 2.60 bits per heavy atom. The van der Waals surface area contributed by atoms with Gasteiger partial charge >= 0.3 is 0 Å². The standard InChI is InChI=1S/C13H11Cl2N5/c1-6-9(5-17-18-6)12-11(13(16)20-19-12)8-3-2-7(14)4-10(8)15/h2-5H,1H3,(H,17,18)(H3,16,19,20). The summed E-state index contributed by atoms with van der Waals surface area (Å²) in [5.74, 6) is 0.379. The number of nitrogens with zero attached hydrogens (tertiary/aromatic N) is 2. The van der Waals surface area contributed by atoms with Crippen LogP contribution in [0.5, 0.6) is 0 Å². The third-order valence-electron chi connectivity index (χ3n) is 3.09. The Morgan fingerprint density at radius 2 is 1.95 bits per heavy atom. The van der Waals surface area contributed by atoms with E-state index in [1.807, 2.05) is 13.0 Å². The van der Waals surface area contributed by atoms with E-state index < -0.39 is 0 Å². The number of nitrogens with one attached hydrogen (secondary N) is 2. The minimum absolute atomic E-state index is 0.379. The van der Waals surface area contributed by atoms with Gasteiger partial charge in [0.1, 0.15) is 0 Å². The molecule has 7 heteroatoms. The molecule has 0 fully saturated rings. The van der Waals surface area contributed by atoms with Gasteiger partial charge in [-0.15, -0.1) is 0 Å². The van der Waals surface area contributed by atoms with Gasteiger partial charge in [0.25, 0.3) is 0 Å². The molecule has 0 aliphatic carbocycles. The monoisotopic (exact) mass is 307 g/mol. The Balaban J connectivity index is 2.24. The van der Waals surface area contributed by atoms with E-state index in [1.165, 1.54) is 0 Å². The molecule has 0 saturated heterocycles. The molecular weight excluding hydrogens is 297 g/mol. The van der Waals surface area contributed by atoms with Crippen LogP contribution in [0.25, 0.3) is 22.4 Å². The molecule has 0 bridgehead atoms. The van der Waals surface area contributed by atoms with Crippen LogP contribution in [0, 0.1) is 6.92 Å². The van der Waals surface area contributed by atoms with E-state index in [2.05, 4.69) is 20.4 Å². The fourth-order valence-corrected chi connectivity index (χ4v) is 2.62. The average molecular weight is 308 g/mol. The van der Waals surface area contributed by atoms with Gasteiger partial charge in [-0.05, 0) is 19.1 Å². The van der Waals surface area contributed by atoms with E-state index >= 15 is 0 Å². The van der Waals surface area contributed by atoms with Gasteiger partial charge in [-0.1, -0.05) is 29.3 Å². The van der Waals surface area contributed by atoms with E-state index in [1.54, 1.807) is 18.3 Å². The molecule has 1 aromatic carbocycles. The molecular formula is C13H11Cl2N5. The molecule has 0 aliphatic rings. The van der Waals surface area contributed by atoms with Crippen molar-refractivity contribution in [1.82, 2.24) is 20.4 Å². The molecule has 0 aliphatic heterocycles. The lowest BCUT2D eigenvalue weighted by atomic mass is 10.0. The highest BCUT2D eigenvalue weighted by atomic mass is 35.5. The Morgan fingerprint density at radius 1 is 1.15 bits per heavy atom.